The van der Waals surface area contributed by atoms with Gasteiger partial charge in [-0.05, 0) is 17.9 Å². The molecule has 1 aromatic rings. The van der Waals surface area contributed by atoms with E-state index in [0.29, 0.717) is 18.4 Å². The molecular weight excluding hydrogens is 326 g/mol. The molecule has 3 fully saturated rings. The zero-order valence-corrected chi connectivity index (χ0v) is 16.0. The van der Waals surface area contributed by atoms with Crippen LogP contribution in [0.3, 0.4) is 0 Å². The fourth-order valence-corrected chi connectivity index (χ4v) is 5.20. The molecule has 1 spiro atoms. The summed E-state index contributed by atoms with van der Waals surface area (Å²) in [5, 5.41) is 10.2. The standard InChI is InChI=1S/C21H31N3O2/c1-16(2)10-22-13-21(14-22)15-23(11-18-9-19(25)12-24(18)21)20(26)8-17-6-4-3-5-7-17/h3-7,16,18-19,25H,8-15H2,1-2H3/t18-,19-/m1/s1. The summed E-state index contributed by atoms with van der Waals surface area (Å²) in [5.74, 6) is 0.880. The SMILES string of the molecule is CC(C)CN1CC2(C1)CN(C(=O)Cc1ccccc1)C[C@H]1C[C@@H](O)CN12. The van der Waals surface area contributed by atoms with Crippen LogP contribution in [0.15, 0.2) is 30.3 Å². The number of piperazine rings is 1. The van der Waals surface area contributed by atoms with Crippen LogP contribution in [-0.4, -0.2) is 82.7 Å². The molecule has 4 rings (SSSR count). The first-order valence-corrected chi connectivity index (χ1v) is 9.94. The molecule has 5 heteroatoms. The molecule has 26 heavy (non-hydrogen) atoms. The van der Waals surface area contributed by atoms with Crippen LogP contribution in [0.4, 0.5) is 0 Å². The van der Waals surface area contributed by atoms with E-state index in [-0.39, 0.29) is 17.6 Å². The van der Waals surface area contributed by atoms with E-state index in [1.54, 1.807) is 0 Å². The molecule has 0 aromatic heterocycles. The Morgan fingerprint density at radius 1 is 1.19 bits per heavy atom. The number of amides is 1. The summed E-state index contributed by atoms with van der Waals surface area (Å²) in [4.78, 5) is 20.0. The van der Waals surface area contributed by atoms with Crippen molar-refractivity contribution >= 4 is 5.91 Å². The van der Waals surface area contributed by atoms with E-state index < -0.39 is 0 Å². The molecule has 0 radical (unpaired) electrons. The van der Waals surface area contributed by atoms with Gasteiger partial charge >= 0.3 is 0 Å². The third-order valence-corrected chi connectivity index (χ3v) is 6.13. The number of aliphatic hydroxyl groups is 1. The summed E-state index contributed by atoms with van der Waals surface area (Å²) in [6.45, 7) is 9.98. The summed E-state index contributed by atoms with van der Waals surface area (Å²) < 4.78 is 0. The third-order valence-electron chi connectivity index (χ3n) is 6.13. The molecule has 1 amide bonds. The van der Waals surface area contributed by atoms with E-state index >= 15 is 0 Å². The van der Waals surface area contributed by atoms with Crippen molar-refractivity contribution in [2.45, 2.75) is 44.4 Å². The number of rotatable bonds is 4. The first kappa shape index (κ1) is 18.0. The molecular formula is C21H31N3O2. The maximum atomic E-state index is 13.0. The van der Waals surface area contributed by atoms with Gasteiger partial charge in [0, 0.05) is 45.3 Å². The number of β-amino-alcohol motifs (C(OH)–C–C–N with tert-alkyl or cyclic N) is 1. The maximum Gasteiger partial charge on any atom is 0.227 e. The highest BCUT2D eigenvalue weighted by molar-refractivity contribution is 5.79. The minimum absolute atomic E-state index is 0.0433. The largest absolute Gasteiger partial charge is 0.392 e. The Morgan fingerprint density at radius 3 is 2.62 bits per heavy atom. The topological polar surface area (TPSA) is 47.0 Å². The fourth-order valence-electron chi connectivity index (χ4n) is 5.20. The number of benzene rings is 1. The third kappa shape index (κ3) is 3.40. The van der Waals surface area contributed by atoms with Gasteiger partial charge in [0.05, 0.1) is 18.1 Å². The van der Waals surface area contributed by atoms with E-state index in [2.05, 4.69) is 28.5 Å². The van der Waals surface area contributed by atoms with Crippen LogP contribution in [-0.2, 0) is 11.2 Å². The molecule has 0 bridgehead atoms. The normalized spacial score (nSPS) is 28.4. The number of carbonyl (C=O) groups is 1. The first-order chi connectivity index (χ1) is 12.4. The van der Waals surface area contributed by atoms with Crippen molar-refractivity contribution in [2.75, 3.05) is 39.3 Å². The molecule has 3 heterocycles. The van der Waals surface area contributed by atoms with Crippen LogP contribution in [0.2, 0.25) is 0 Å². The van der Waals surface area contributed by atoms with Gasteiger partial charge in [-0.3, -0.25) is 14.6 Å². The molecule has 1 aromatic carbocycles. The molecule has 3 aliphatic rings. The van der Waals surface area contributed by atoms with Gasteiger partial charge in [-0.15, -0.1) is 0 Å². The van der Waals surface area contributed by atoms with E-state index in [0.717, 1.165) is 51.3 Å². The van der Waals surface area contributed by atoms with Crippen molar-refractivity contribution in [3.8, 4) is 0 Å². The van der Waals surface area contributed by atoms with Gasteiger partial charge in [0.1, 0.15) is 0 Å². The number of hydrogen-bond donors (Lipinski definition) is 1. The van der Waals surface area contributed by atoms with Gasteiger partial charge in [0.25, 0.3) is 0 Å². The molecule has 5 nitrogen and oxygen atoms in total. The summed E-state index contributed by atoms with van der Waals surface area (Å²) >= 11 is 0. The lowest BCUT2D eigenvalue weighted by Gasteiger charge is -2.61. The van der Waals surface area contributed by atoms with E-state index in [1.165, 1.54) is 0 Å². The van der Waals surface area contributed by atoms with Gasteiger partial charge in [0.2, 0.25) is 5.91 Å². The van der Waals surface area contributed by atoms with Gasteiger partial charge in [-0.25, -0.2) is 0 Å². The van der Waals surface area contributed by atoms with Crippen LogP contribution >= 0.6 is 0 Å². The summed E-state index contributed by atoms with van der Waals surface area (Å²) in [7, 11) is 0. The first-order valence-electron chi connectivity index (χ1n) is 9.94. The monoisotopic (exact) mass is 357 g/mol. The summed E-state index contributed by atoms with van der Waals surface area (Å²) in [6, 6.07) is 10.3. The summed E-state index contributed by atoms with van der Waals surface area (Å²) in [5.41, 5.74) is 1.12. The Labute approximate surface area is 156 Å². The number of hydrogen-bond acceptors (Lipinski definition) is 4. The molecule has 0 aliphatic carbocycles. The Hall–Kier alpha value is -1.43. The predicted octanol–water partition coefficient (Wildman–Crippen LogP) is 1.22. The second kappa shape index (κ2) is 6.95. The van der Waals surface area contributed by atoms with Gasteiger partial charge in [-0.2, -0.15) is 0 Å². The quantitative estimate of drug-likeness (QED) is 0.880. The maximum absolute atomic E-state index is 13.0. The fraction of sp³-hybridized carbons (Fsp3) is 0.667. The zero-order chi connectivity index (χ0) is 18.3. The van der Waals surface area contributed by atoms with Crippen LogP contribution in [0, 0.1) is 5.92 Å². The van der Waals surface area contributed by atoms with Gasteiger partial charge in [-0.1, -0.05) is 44.2 Å². The number of aliphatic hydroxyl groups excluding tert-OH is 1. The number of carbonyl (C=O) groups excluding carboxylic acids is 1. The smallest absolute Gasteiger partial charge is 0.227 e. The van der Waals surface area contributed by atoms with Gasteiger partial charge in [0.15, 0.2) is 0 Å². The van der Waals surface area contributed by atoms with Crippen molar-refractivity contribution in [3.05, 3.63) is 35.9 Å². The Bertz CT molecular complexity index is 642. The highest BCUT2D eigenvalue weighted by Gasteiger charge is 2.56. The second-order valence-corrected chi connectivity index (χ2v) is 8.92. The molecule has 3 saturated heterocycles. The lowest BCUT2D eigenvalue weighted by molar-refractivity contribution is -0.150. The number of nitrogens with zero attached hydrogens (tertiary/aromatic N) is 3. The number of likely N-dealkylation sites (tertiary alicyclic amines) is 1. The zero-order valence-electron chi connectivity index (χ0n) is 16.0. The summed E-state index contributed by atoms with van der Waals surface area (Å²) in [6.07, 6.45) is 1.02. The molecule has 0 saturated carbocycles. The molecule has 0 unspecified atom stereocenters. The number of fused-ring (bicyclic) bond motifs is 2. The average Bonchev–Trinajstić information content (AvgIpc) is 2.94. The Kier molecular flexibility index (Phi) is 4.80. The average molecular weight is 357 g/mol. The van der Waals surface area contributed by atoms with E-state index in [4.69, 9.17) is 0 Å². The highest BCUT2D eigenvalue weighted by Crippen LogP contribution is 2.39. The molecule has 2 atom stereocenters. The Balaban J connectivity index is 1.47. The van der Waals surface area contributed by atoms with E-state index in [9.17, 15) is 9.90 Å². The van der Waals surface area contributed by atoms with Crippen LogP contribution in [0.1, 0.15) is 25.8 Å². The van der Waals surface area contributed by atoms with Crippen molar-refractivity contribution in [1.29, 1.82) is 0 Å². The molecule has 1 N–H and O–H groups in total. The lowest BCUT2D eigenvalue weighted by Crippen LogP contribution is -2.78. The minimum atomic E-state index is -0.250. The van der Waals surface area contributed by atoms with E-state index in [1.807, 2.05) is 30.3 Å². The van der Waals surface area contributed by atoms with Crippen molar-refractivity contribution in [2.24, 2.45) is 5.92 Å². The van der Waals surface area contributed by atoms with Crippen LogP contribution in [0.25, 0.3) is 0 Å². The van der Waals surface area contributed by atoms with Crippen LogP contribution in [0.5, 0.6) is 0 Å². The molecule has 3 aliphatic heterocycles. The lowest BCUT2D eigenvalue weighted by atomic mass is 9.83. The minimum Gasteiger partial charge on any atom is -0.392 e. The van der Waals surface area contributed by atoms with Crippen LogP contribution < -0.4 is 0 Å². The van der Waals surface area contributed by atoms with Crippen molar-refractivity contribution in [3.63, 3.8) is 0 Å². The predicted molar refractivity (Wildman–Crippen MR) is 102 cm³/mol. The molecule has 142 valence electrons. The Morgan fingerprint density at radius 2 is 1.92 bits per heavy atom. The van der Waals surface area contributed by atoms with Crippen molar-refractivity contribution in [1.82, 2.24) is 14.7 Å². The van der Waals surface area contributed by atoms with Gasteiger partial charge < -0.3 is 10.0 Å². The highest BCUT2D eigenvalue weighted by atomic mass is 16.3. The van der Waals surface area contributed by atoms with Crippen molar-refractivity contribution < 1.29 is 9.90 Å². The second-order valence-electron chi connectivity index (χ2n) is 8.92.